The summed E-state index contributed by atoms with van der Waals surface area (Å²) in [5.74, 6) is -0.433. The average molecular weight is 253 g/mol. The predicted octanol–water partition coefficient (Wildman–Crippen LogP) is 1.42. The monoisotopic (exact) mass is 252 g/mol. The predicted molar refractivity (Wildman–Crippen MR) is 56.2 cm³/mol. The lowest BCUT2D eigenvalue weighted by Gasteiger charge is -2.04. The van der Waals surface area contributed by atoms with Gasteiger partial charge in [0.25, 0.3) is 5.43 Å². The fourth-order valence-corrected chi connectivity index (χ4v) is 1.53. The molecule has 2 aromatic rings. The zero-order valence-electron chi connectivity index (χ0n) is 6.95. The molecule has 0 saturated carbocycles. The summed E-state index contributed by atoms with van der Waals surface area (Å²) < 4.78 is 0.874. The molecular weight excluding hydrogens is 248 g/mol. The molecule has 0 aliphatic carbocycles. The smallest absolute Gasteiger partial charge is 0.268 e. The molecule has 2 aromatic carbocycles. The lowest BCUT2D eigenvalue weighted by molar-refractivity contribution is 0.465. The third kappa shape index (κ3) is 1.19. The summed E-state index contributed by atoms with van der Waals surface area (Å²) in [6.45, 7) is 0. The summed E-state index contributed by atoms with van der Waals surface area (Å²) in [6.07, 6.45) is 0. The molecule has 0 heterocycles. The topological polar surface area (TPSA) is 54.4 Å². The van der Waals surface area contributed by atoms with E-state index in [0.29, 0.717) is 5.56 Å². The van der Waals surface area contributed by atoms with Crippen LogP contribution >= 0.6 is 15.9 Å². The van der Waals surface area contributed by atoms with Crippen molar-refractivity contribution in [3.63, 3.8) is 0 Å². The maximum absolute atomic E-state index is 11.1. The van der Waals surface area contributed by atoms with E-state index in [1.165, 1.54) is 0 Å². The van der Waals surface area contributed by atoms with Crippen molar-refractivity contribution < 1.29 is 5.11 Å². The number of benzene rings is 1. The van der Waals surface area contributed by atoms with Crippen LogP contribution in [0.25, 0.3) is 11.1 Å². The highest BCUT2D eigenvalue weighted by molar-refractivity contribution is 9.10. The molecule has 0 aliphatic heterocycles. The highest BCUT2D eigenvalue weighted by atomic mass is 79.9. The van der Waals surface area contributed by atoms with Crippen molar-refractivity contribution >= 4 is 15.9 Å². The molecule has 14 heavy (non-hydrogen) atoms. The normalized spacial score (nSPS) is 10.6. The van der Waals surface area contributed by atoms with Gasteiger partial charge in [-0.25, -0.2) is 0 Å². The van der Waals surface area contributed by atoms with Gasteiger partial charge in [0.1, 0.15) is 0 Å². The molecule has 3 nitrogen and oxygen atoms in total. The van der Waals surface area contributed by atoms with E-state index < -0.39 is 16.6 Å². The Morgan fingerprint density at radius 3 is 2.07 bits per heavy atom. The molecule has 0 unspecified atom stereocenters. The average Bonchev–Trinajstić information content (AvgIpc) is 2.21. The molecule has 70 valence electrons. The van der Waals surface area contributed by atoms with Gasteiger partial charge in [0.15, 0.2) is 5.75 Å². The molecule has 1 N–H and O–H groups in total. The summed E-state index contributed by atoms with van der Waals surface area (Å²) in [4.78, 5) is 21.8. The molecular formula is C10H5BrO3. The van der Waals surface area contributed by atoms with Gasteiger partial charge >= 0.3 is 0 Å². The van der Waals surface area contributed by atoms with Crippen molar-refractivity contribution in [3.05, 3.63) is 49.2 Å². The highest BCUT2D eigenvalue weighted by Gasteiger charge is 2.20. The number of hydrogen-bond donors (Lipinski definition) is 1. The van der Waals surface area contributed by atoms with Crippen molar-refractivity contribution in [2.75, 3.05) is 0 Å². The zero-order chi connectivity index (χ0) is 10.3. The van der Waals surface area contributed by atoms with Crippen molar-refractivity contribution in [2.24, 2.45) is 0 Å². The van der Waals surface area contributed by atoms with E-state index >= 15 is 0 Å². The van der Waals surface area contributed by atoms with E-state index in [-0.39, 0.29) is 5.56 Å². The molecule has 0 atom stereocenters. The van der Waals surface area contributed by atoms with Crippen LogP contribution in [-0.4, -0.2) is 5.11 Å². The third-order valence-corrected chi connectivity index (χ3v) is 2.55. The van der Waals surface area contributed by atoms with E-state index in [1.54, 1.807) is 24.3 Å². The van der Waals surface area contributed by atoms with Gasteiger partial charge in [-0.2, -0.15) is 0 Å². The summed E-state index contributed by atoms with van der Waals surface area (Å²) in [6, 6.07) is 6.82. The first-order valence-electron chi connectivity index (χ1n) is 3.89. The van der Waals surface area contributed by atoms with E-state index in [1.807, 2.05) is 0 Å². The molecule has 2 rings (SSSR count). The maximum Gasteiger partial charge on any atom is 0.268 e. The molecule has 0 aromatic heterocycles. The van der Waals surface area contributed by atoms with Gasteiger partial charge < -0.3 is 5.11 Å². The maximum atomic E-state index is 11.1. The van der Waals surface area contributed by atoms with E-state index in [2.05, 4.69) is 15.9 Å². The molecule has 0 spiro atoms. The second kappa shape index (κ2) is 3.06. The number of rotatable bonds is 1. The Balaban J connectivity index is 2.58. The second-order valence-corrected chi connectivity index (χ2v) is 3.80. The minimum Gasteiger partial charge on any atom is -0.503 e. The van der Waals surface area contributed by atoms with Gasteiger partial charge in [-0.1, -0.05) is 28.1 Å². The van der Waals surface area contributed by atoms with Crippen LogP contribution in [0.4, 0.5) is 0 Å². The molecule has 0 fully saturated rings. The Hall–Kier alpha value is -1.42. The third-order valence-electron chi connectivity index (χ3n) is 2.02. The van der Waals surface area contributed by atoms with Crippen LogP contribution in [0.2, 0.25) is 0 Å². The van der Waals surface area contributed by atoms with Crippen molar-refractivity contribution in [1.29, 1.82) is 0 Å². The fraction of sp³-hybridized carbons (Fsp3) is 0. The van der Waals surface area contributed by atoms with Gasteiger partial charge in [0, 0.05) is 4.47 Å². The minimum atomic E-state index is -0.803. The lowest BCUT2D eigenvalue weighted by atomic mass is 10.0. The van der Waals surface area contributed by atoms with Crippen LogP contribution in [0.1, 0.15) is 0 Å². The van der Waals surface area contributed by atoms with Gasteiger partial charge in [0.05, 0.1) is 5.56 Å². The van der Waals surface area contributed by atoms with Crippen molar-refractivity contribution in [3.8, 4) is 16.9 Å². The Labute approximate surface area is 87.5 Å². The fourth-order valence-electron chi connectivity index (χ4n) is 1.26. The Morgan fingerprint density at radius 2 is 1.57 bits per heavy atom. The number of halogens is 1. The van der Waals surface area contributed by atoms with Gasteiger partial charge in [-0.15, -0.1) is 0 Å². The summed E-state index contributed by atoms with van der Waals surface area (Å²) >= 11 is 3.25. The van der Waals surface area contributed by atoms with Crippen LogP contribution in [0.15, 0.2) is 38.3 Å². The van der Waals surface area contributed by atoms with E-state index in [4.69, 9.17) is 5.11 Å². The first-order valence-corrected chi connectivity index (χ1v) is 4.69. The molecule has 0 saturated heterocycles. The molecule has 0 bridgehead atoms. The first kappa shape index (κ1) is 9.15. The van der Waals surface area contributed by atoms with Crippen LogP contribution < -0.4 is 10.9 Å². The number of aromatic hydroxyl groups is 1. The summed E-state index contributed by atoms with van der Waals surface area (Å²) in [5, 5.41) is 9.17. The Kier molecular flexibility index (Phi) is 2.00. The van der Waals surface area contributed by atoms with Gasteiger partial charge in [0.2, 0.25) is 5.43 Å². The van der Waals surface area contributed by atoms with E-state index in [0.717, 1.165) is 4.47 Å². The molecule has 0 amide bonds. The lowest BCUT2D eigenvalue weighted by Crippen LogP contribution is -2.31. The van der Waals surface area contributed by atoms with Crippen LogP contribution in [-0.2, 0) is 0 Å². The zero-order valence-corrected chi connectivity index (χ0v) is 8.54. The standard InChI is InChI=1S/C10H5BrO3/c11-6-3-1-5(2-4-6)7-8(12)10(14)9(7)13/h1-4,12H. The van der Waals surface area contributed by atoms with Crippen LogP contribution in [0.3, 0.4) is 0 Å². The van der Waals surface area contributed by atoms with Gasteiger partial charge in [-0.05, 0) is 17.7 Å². The Bertz CT molecular complexity index is 547. The molecule has 0 aliphatic rings. The molecule has 4 heteroatoms. The summed E-state index contributed by atoms with van der Waals surface area (Å²) in [7, 11) is 0. The summed E-state index contributed by atoms with van der Waals surface area (Å²) in [5.41, 5.74) is -0.745. The minimum absolute atomic E-state index is 0.113. The number of hydrogen-bond acceptors (Lipinski definition) is 3. The first-order chi connectivity index (χ1) is 6.61. The molecule has 0 radical (unpaired) electrons. The largest absolute Gasteiger partial charge is 0.503 e. The highest BCUT2D eigenvalue weighted by Crippen LogP contribution is 2.25. The quantitative estimate of drug-likeness (QED) is 0.782. The SMILES string of the molecule is O=c1c(O)c(-c2ccc(Br)cc2)c1=O. The second-order valence-electron chi connectivity index (χ2n) is 2.89. The van der Waals surface area contributed by atoms with Gasteiger partial charge in [-0.3, -0.25) is 9.59 Å². The van der Waals surface area contributed by atoms with Crippen LogP contribution in [0.5, 0.6) is 5.75 Å². The van der Waals surface area contributed by atoms with E-state index in [9.17, 15) is 9.59 Å². The Morgan fingerprint density at radius 1 is 1.00 bits per heavy atom. The van der Waals surface area contributed by atoms with Crippen LogP contribution in [0, 0.1) is 0 Å². The van der Waals surface area contributed by atoms with Crippen molar-refractivity contribution in [1.82, 2.24) is 0 Å². The van der Waals surface area contributed by atoms with Crippen molar-refractivity contribution in [2.45, 2.75) is 0 Å².